The lowest BCUT2D eigenvalue weighted by Crippen LogP contribution is -2.39. The lowest BCUT2D eigenvalue weighted by Gasteiger charge is -2.29. The molecule has 0 aliphatic rings. The number of amides is 2. The summed E-state index contributed by atoms with van der Waals surface area (Å²) >= 11 is 5.97. The molecule has 1 heterocycles. The second-order valence-electron chi connectivity index (χ2n) is 6.97. The van der Waals surface area contributed by atoms with Gasteiger partial charge in [-0.05, 0) is 50.2 Å². The van der Waals surface area contributed by atoms with E-state index in [0.717, 1.165) is 12.1 Å². The van der Waals surface area contributed by atoms with Crippen molar-refractivity contribution in [1.29, 1.82) is 0 Å². The molecule has 31 heavy (non-hydrogen) atoms. The number of halogens is 4. The van der Waals surface area contributed by atoms with Crippen molar-refractivity contribution in [2.45, 2.75) is 26.1 Å². The van der Waals surface area contributed by atoms with Crippen LogP contribution in [0.15, 0.2) is 47.3 Å². The van der Waals surface area contributed by atoms with Crippen LogP contribution in [0.1, 0.15) is 31.3 Å². The van der Waals surface area contributed by atoms with Crippen LogP contribution in [-0.4, -0.2) is 27.0 Å². The first kappa shape index (κ1) is 22.6. The van der Waals surface area contributed by atoms with Gasteiger partial charge in [0.25, 0.3) is 5.56 Å². The van der Waals surface area contributed by atoms with E-state index in [-0.39, 0.29) is 17.8 Å². The molecule has 3 aromatic rings. The van der Waals surface area contributed by atoms with Gasteiger partial charge in [0.1, 0.15) is 5.82 Å². The SMILES string of the molecule is CCN(C(=O)Nc1cccc(C(F)(F)F)c1)C(C)c1nc2ccc(Cl)cc2c(=O)n1C. The second-order valence-corrected chi connectivity index (χ2v) is 7.40. The van der Waals surface area contributed by atoms with Crippen molar-refractivity contribution in [3.63, 3.8) is 0 Å². The molecule has 0 saturated carbocycles. The zero-order valence-corrected chi connectivity index (χ0v) is 17.8. The number of nitrogens with one attached hydrogen (secondary N) is 1. The van der Waals surface area contributed by atoms with Crippen LogP contribution in [0, 0.1) is 0 Å². The maximum atomic E-state index is 12.9. The van der Waals surface area contributed by atoms with Crippen molar-refractivity contribution in [3.8, 4) is 0 Å². The predicted octanol–water partition coefficient (Wildman–Crippen LogP) is 5.22. The minimum Gasteiger partial charge on any atom is -0.315 e. The average Bonchev–Trinajstić information content (AvgIpc) is 2.71. The summed E-state index contributed by atoms with van der Waals surface area (Å²) in [5, 5.41) is 3.24. The van der Waals surface area contributed by atoms with Crippen LogP contribution < -0.4 is 10.9 Å². The summed E-state index contributed by atoms with van der Waals surface area (Å²) in [6.07, 6.45) is -4.52. The summed E-state index contributed by atoms with van der Waals surface area (Å²) in [5.74, 6) is 0.334. The molecule has 0 spiro atoms. The molecule has 164 valence electrons. The Hall–Kier alpha value is -3.07. The van der Waals surface area contributed by atoms with Gasteiger partial charge in [-0.2, -0.15) is 13.2 Å². The number of nitrogens with zero attached hydrogens (tertiary/aromatic N) is 3. The zero-order valence-electron chi connectivity index (χ0n) is 17.0. The highest BCUT2D eigenvalue weighted by Crippen LogP contribution is 2.31. The van der Waals surface area contributed by atoms with Crippen molar-refractivity contribution in [1.82, 2.24) is 14.5 Å². The number of hydrogen-bond donors (Lipinski definition) is 1. The fraction of sp³-hybridized carbons (Fsp3) is 0.286. The van der Waals surface area contributed by atoms with Gasteiger partial charge in [-0.1, -0.05) is 17.7 Å². The van der Waals surface area contributed by atoms with Gasteiger partial charge in [0.05, 0.1) is 22.5 Å². The van der Waals surface area contributed by atoms with Gasteiger partial charge in [-0.15, -0.1) is 0 Å². The molecule has 0 aliphatic heterocycles. The summed E-state index contributed by atoms with van der Waals surface area (Å²) in [6.45, 7) is 3.65. The third kappa shape index (κ3) is 4.66. The molecule has 2 amide bonds. The Morgan fingerprint density at radius 1 is 1.26 bits per heavy atom. The standard InChI is InChI=1S/C21H20ClF3N4O2/c1-4-29(20(31)26-15-7-5-6-13(10-15)21(23,24)25)12(2)18-27-17-9-8-14(22)11-16(17)19(30)28(18)3/h5-12H,4H2,1-3H3,(H,26,31). The summed E-state index contributed by atoms with van der Waals surface area (Å²) in [6, 6.07) is 7.90. The molecule has 0 radical (unpaired) electrons. The minimum atomic E-state index is -4.52. The lowest BCUT2D eigenvalue weighted by molar-refractivity contribution is -0.137. The van der Waals surface area contributed by atoms with Crippen molar-refractivity contribution >= 4 is 34.2 Å². The van der Waals surface area contributed by atoms with Gasteiger partial charge >= 0.3 is 12.2 Å². The van der Waals surface area contributed by atoms with Crippen molar-refractivity contribution in [2.75, 3.05) is 11.9 Å². The van der Waals surface area contributed by atoms with Gasteiger partial charge in [-0.25, -0.2) is 9.78 Å². The second kappa shape index (κ2) is 8.58. The topological polar surface area (TPSA) is 67.2 Å². The van der Waals surface area contributed by atoms with Gasteiger partial charge < -0.3 is 10.2 Å². The first-order chi connectivity index (χ1) is 14.5. The van der Waals surface area contributed by atoms with E-state index in [2.05, 4.69) is 10.3 Å². The fourth-order valence-corrected chi connectivity index (χ4v) is 3.51. The third-order valence-electron chi connectivity index (χ3n) is 4.96. The molecule has 2 aromatic carbocycles. The number of urea groups is 1. The molecule has 1 atom stereocenters. The largest absolute Gasteiger partial charge is 0.416 e. The summed E-state index contributed by atoms with van der Waals surface area (Å²) in [7, 11) is 1.54. The number of alkyl halides is 3. The highest BCUT2D eigenvalue weighted by molar-refractivity contribution is 6.31. The summed E-state index contributed by atoms with van der Waals surface area (Å²) in [4.78, 5) is 31.5. The highest BCUT2D eigenvalue weighted by Gasteiger charge is 2.31. The predicted molar refractivity (Wildman–Crippen MR) is 113 cm³/mol. The molecule has 0 bridgehead atoms. The molecule has 1 aromatic heterocycles. The molecule has 3 rings (SSSR count). The number of carbonyl (C=O) groups is 1. The number of aromatic nitrogens is 2. The third-order valence-corrected chi connectivity index (χ3v) is 5.19. The van der Waals surface area contributed by atoms with Crippen LogP contribution in [0.5, 0.6) is 0 Å². The molecule has 10 heteroatoms. The first-order valence-corrected chi connectivity index (χ1v) is 9.81. The molecule has 0 saturated heterocycles. The van der Waals surface area contributed by atoms with E-state index in [9.17, 15) is 22.8 Å². The Morgan fingerprint density at radius 2 is 1.97 bits per heavy atom. The molecule has 1 N–H and O–H groups in total. The summed E-state index contributed by atoms with van der Waals surface area (Å²) < 4.78 is 40.2. The monoisotopic (exact) mass is 452 g/mol. The quantitative estimate of drug-likeness (QED) is 0.590. The van der Waals surface area contributed by atoms with E-state index in [1.807, 2.05) is 0 Å². The lowest BCUT2D eigenvalue weighted by atomic mass is 10.2. The Balaban J connectivity index is 1.92. The van der Waals surface area contributed by atoms with Crippen LogP contribution in [-0.2, 0) is 13.2 Å². The molecular formula is C21H20ClF3N4O2. The Kier molecular flexibility index (Phi) is 6.26. The fourth-order valence-electron chi connectivity index (χ4n) is 3.34. The van der Waals surface area contributed by atoms with E-state index in [1.165, 1.54) is 27.7 Å². The normalized spacial score (nSPS) is 12.6. The van der Waals surface area contributed by atoms with Crippen LogP contribution in [0.3, 0.4) is 0 Å². The Labute approximate surface area is 181 Å². The molecule has 0 aliphatic carbocycles. The van der Waals surface area contributed by atoms with E-state index in [1.54, 1.807) is 33.0 Å². The van der Waals surface area contributed by atoms with Crippen molar-refractivity contribution < 1.29 is 18.0 Å². The van der Waals surface area contributed by atoms with Crippen molar-refractivity contribution in [3.05, 3.63) is 69.2 Å². The Bertz CT molecular complexity index is 1190. The number of rotatable bonds is 4. The maximum absolute atomic E-state index is 12.9. The van der Waals surface area contributed by atoms with Gasteiger partial charge in [-0.3, -0.25) is 9.36 Å². The molecule has 6 nitrogen and oxygen atoms in total. The molecule has 0 fully saturated rings. The first-order valence-electron chi connectivity index (χ1n) is 9.44. The van der Waals surface area contributed by atoms with Gasteiger partial charge in [0.15, 0.2) is 0 Å². The highest BCUT2D eigenvalue weighted by atomic mass is 35.5. The number of hydrogen-bond acceptors (Lipinski definition) is 3. The van der Waals surface area contributed by atoms with Crippen LogP contribution in [0.4, 0.5) is 23.7 Å². The minimum absolute atomic E-state index is 0.0143. The van der Waals surface area contributed by atoms with E-state index >= 15 is 0 Å². The smallest absolute Gasteiger partial charge is 0.315 e. The molecule has 1 unspecified atom stereocenters. The molecular weight excluding hydrogens is 433 g/mol. The van der Waals surface area contributed by atoms with Gasteiger partial charge in [0, 0.05) is 24.3 Å². The number of carbonyl (C=O) groups excluding carboxylic acids is 1. The van der Waals surface area contributed by atoms with E-state index in [0.29, 0.717) is 21.7 Å². The maximum Gasteiger partial charge on any atom is 0.416 e. The Morgan fingerprint density at radius 3 is 2.61 bits per heavy atom. The van der Waals surface area contributed by atoms with Crippen LogP contribution >= 0.6 is 11.6 Å². The van der Waals surface area contributed by atoms with Crippen LogP contribution in [0.25, 0.3) is 10.9 Å². The number of fused-ring (bicyclic) bond motifs is 1. The summed E-state index contributed by atoms with van der Waals surface area (Å²) in [5.41, 5.74) is -0.730. The van der Waals surface area contributed by atoms with Crippen molar-refractivity contribution in [2.24, 2.45) is 7.05 Å². The average molecular weight is 453 g/mol. The van der Waals surface area contributed by atoms with E-state index < -0.39 is 23.8 Å². The number of benzene rings is 2. The zero-order chi connectivity index (χ0) is 22.9. The number of anilines is 1. The van der Waals surface area contributed by atoms with Gasteiger partial charge in [0.2, 0.25) is 0 Å². The van der Waals surface area contributed by atoms with Crippen LogP contribution in [0.2, 0.25) is 5.02 Å². The van der Waals surface area contributed by atoms with E-state index in [4.69, 9.17) is 11.6 Å².